The van der Waals surface area contributed by atoms with Gasteiger partial charge in [-0.1, -0.05) is 13.8 Å². The molecule has 3 rings (SSSR count). The smallest absolute Gasteiger partial charge is 0.227 e. The van der Waals surface area contributed by atoms with E-state index in [0.717, 1.165) is 56.8 Å². The molecule has 0 aromatic heterocycles. The van der Waals surface area contributed by atoms with Gasteiger partial charge in [-0.25, -0.2) is 0 Å². The fraction of sp³-hybridized carbons (Fsp3) is 0.667. The molecule has 29 heavy (non-hydrogen) atoms. The Labute approximate surface area is 175 Å². The highest BCUT2D eigenvalue weighted by atomic mass is 16.2. The predicted octanol–water partition coefficient (Wildman–Crippen LogP) is 4.58. The molecule has 1 heterocycles. The Kier molecular flexibility index (Phi) is 7.57. The van der Waals surface area contributed by atoms with Crippen LogP contribution in [0.25, 0.3) is 0 Å². The first-order chi connectivity index (χ1) is 14.0. The zero-order chi connectivity index (χ0) is 20.8. The molecule has 1 aromatic carbocycles. The van der Waals surface area contributed by atoms with E-state index in [2.05, 4.69) is 41.5 Å². The number of piperidine rings is 1. The van der Waals surface area contributed by atoms with Gasteiger partial charge in [0.1, 0.15) is 0 Å². The highest BCUT2D eigenvalue weighted by Gasteiger charge is 2.30. The number of nitrogens with one attached hydrogen (secondary N) is 2. The van der Waals surface area contributed by atoms with Gasteiger partial charge in [0.05, 0.1) is 0 Å². The molecule has 1 atom stereocenters. The molecule has 0 spiro atoms. The lowest BCUT2D eigenvalue weighted by Gasteiger charge is -2.32. The van der Waals surface area contributed by atoms with Crippen LogP contribution >= 0.6 is 0 Å². The van der Waals surface area contributed by atoms with E-state index in [-0.39, 0.29) is 29.7 Å². The zero-order valence-electron chi connectivity index (χ0n) is 18.2. The molecule has 1 unspecified atom stereocenters. The molecule has 1 saturated carbocycles. The molecular weight excluding hydrogens is 362 g/mol. The molecular formula is C24H37N3O2. The molecule has 5 nitrogen and oxygen atoms in total. The van der Waals surface area contributed by atoms with Crippen molar-refractivity contribution in [2.45, 2.75) is 71.8 Å². The van der Waals surface area contributed by atoms with Crippen molar-refractivity contribution in [3.8, 4) is 0 Å². The van der Waals surface area contributed by atoms with Crippen LogP contribution in [0.3, 0.4) is 0 Å². The van der Waals surface area contributed by atoms with E-state index in [1.807, 2.05) is 19.1 Å². The average molecular weight is 400 g/mol. The number of rotatable bonds is 6. The van der Waals surface area contributed by atoms with Crippen LogP contribution in [0.15, 0.2) is 24.3 Å². The van der Waals surface area contributed by atoms with Crippen molar-refractivity contribution in [1.82, 2.24) is 5.32 Å². The van der Waals surface area contributed by atoms with Gasteiger partial charge in [0, 0.05) is 42.3 Å². The van der Waals surface area contributed by atoms with Crippen LogP contribution in [0, 0.1) is 17.8 Å². The zero-order valence-corrected chi connectivity index (χ0v) is 18.2. The van der Waals surface area contributed by atoms with Crippen molar-refractivity contribution < 1.29 is 9.59 Å². The van der Waals surface area contributed by atoms with E-state index in [9.17, 15) is 9.59 Å². The quantitative estimate of drug-likeness (QED) is 0.736. The lowest BCUT2D eigenvalue weighted by Crippen LogP contribution is -2.39. The van der Waals surface area contributed by atoms with E-state index >= 15 is 0 Å². The maximum absolute atomic E-state index is 12.7. The van der Waals surface area contributed by atoms with Gasteiger partial charge in [-0.2, -0.15) is 0 Å². The molecule has 5 heteroatoms. The van der Waals surface area contributed by atoms with Crippen LogP contribution < -0.4 is 15.5 Å². The van der Waals surface area contributed by atoms with Gasteiger partial charge >= 0.3 is 0 Å². The minimum absolute atomic E-state index is 0.00547. The first-order valence-corrected chi connectivity index (χ1v) is 11.4. The van der Waals surface area contributed by atoms with Gasteiger partial charge in [-0.05, 0) is 82.1 Å². The van der Waals surface area contributed by atoms with Crippen LogP contribution in [-0.4, -0.2) is 30.9 Å². The summed E-state index contributed by atoms with van der Waals surface area (Å²) in [5, 5.41) is 6.15. The number of hydrogen-bond donors (Lipinski definition) is 2. The molecule has 2 fully saturated rings. The second-order valence-corrected chi connectivity index (χ2v) is 9.07. The van der Waals surface area contributed by atoms with Crippen molar-refractivity contribution in [3.63, 3.8) is 0 Å². The molecule has 1 aromatic rings. The first-order valence-electron chi connectivity index (χ1n) is 11.4. The van der Waals surface area contributed by atoms with E-state index in [1.165, 1.54) is 18.5 Å². The number of hydrogen-bond acceptors (Lipinski definition) is 3. The van der Waals surface area contributed by atoms with Gasteiger partial charge in [0.15, 0.2) is 0 Å². The third kappa shape index (κ3) is 5.97. The summed E-state index contributed by atoms with van der Waals surface area (Å²) >= 11 is 0. The van der Waals surface area contributed by atoms with E-state index in [4.69, 9.17) is 0 Å². The molecule has 0 bridgehead atoms. The minimum Gasteiger partial charge on any atom is -0.372 e. The van der Waals surface area contributed by atoms with Gasteiger partial charge in [-0.15, -0.1) is 0 Å². The van der Waals surface area contributed by atoms with Crippen LogP contribution in [-0.2, 0) is 9.59 Å². The maximum atomic E-state index is 12.7. The van der Waals surface area contributed by atoms with Crippen molar-refractivity contribution in [2.24, 2.45) is 17.8 Å². The third-order valence-corrected chi connectivity index (χ3v) is 6.75. The molecule has 1 aliphatic carbocycles. The summed E-state index contributed by atoms with van der Waals surface area (Å²) in [5.41, 5.74) is 2.10. The SMILES string of the molecule is CCC(C)NC(=O)C1CCC(C(=O)Nc2ccc(N3CCC(C)CC3)cc2)CC1. The van der Waals surface area contributed by atoms with E-state index in [1.54, 1.807) is 0 Å². The van der Waals surface area contributed by atoms with Crippen molar-refractivity contribution in [1.29, 1.82) is 0 Å². The summed E-state index contributed by atoms with van der Waals surface area (Å²) in [4.78, 5) is 27.4. The lowest BCUT2D eigenvalue weighted by atomic mass is 9.81. The monoisotopic (exact) mass is 399 g/mol. The van der Waals surface area contributed by atoms with Crippen LogP contribution in [0.2, 0.25) is 0 Å². The van der Waals surface area contributed by atoms with Crippen LogP contribution in [0.1, 0.15) is 65.7 Å². The fourth-order valence-electron chi connectivity index (χ4n) is 4.35. The highest BCUT2D eigenvalue weighted by molar-refractivity contribution is 5.93. The van der Waals surface area contributed by atoms with Gasteiger partial charge in [0.25, 0.3) is 0 Å². The number of carbonyl (C=O) groups excluding carboxylic acids is 2. The minimum atomic E-state index is 0.00547. The van der Waals surface area contributed by atoms with Crippen molar-refractivity contribution in [2.75, 3.05) is 23.3 Å². The number of anilines is 2. The normalized spacial score (nSPS) is 24.0. The fourth-order valence-corrected chi connectivity index (χ4v) is 4.35. The molecule has 1 aliphatic heterocycles. The second-order valence-electron chi connectivity index (χ2n) is 9.07. The number of benzene rings is 1. The second kappa shape index (κ2) is 10.1. The summed E-state index contributed by atoms with van der Waals surface area (Å²) in [6.45, 7) is 8.66. The van der Waals surface area contributed by atoms with E-state index < -0.39 is 0 Å². The Balaban J connectivity index is 1.45. The molecule has 1 saturated heterocycles. The summed E-state index contributed by atoms with van der Waals surface area (Å²) in [6.07, 6.45) is 6.61. The van der Waals surface area contributed by atoms with Gasteiger partial charge < -0.3 is 15.5 Å². The van der Waals surface area contributed by atoms with Crippen molar-refractivity contribution >= 4 is 23.2 Å². The topological polar surface area (TPSA) is 61.4 Å². The molecule has 2 amide bonds. The van der Waals surface area contributed by atoms with Gasteiger partial charge in [0.2, 0.25) is 11.8 Å². The standard InChI is InChI=1S/C24H37N3O2/c1-4-18(3)25-23(28)19-5-7-20(8-6-19)24(29)26-21-9-11-22(12-10-21)27-15-13-17(2)14-16-27/h9-12,17-20H,4-8,13-16H2,1-3H3,(H,25,28)(H,26,29). The Hall–Kier alpha value is -2.04. The Morgan fingerprint density at radius 2 is 1.52 bits per heavy atom. The Morgan fingerprint density at radius 1 is 0.966 bits per heavy atom. The largest absolute Gasteiger partial charge is 0.372 e. The summed E-state index contributed by atoms with van der Waals surface area (Å²) < 4.78 is 0. The molecule has 2 aliphatic rings. The summed E-state index contributed by atoms with van der Waals surface area (Å²) in [5.74, 6) is 1.12. The molecule has 0 radical (unpaired) electrons. The predicted molar refractivity (Wildman–Crippen MR) is 119 cm³/mol. The molecule has 2 N–H and O–H groups in total. The van der Waals surface area contributed by atoms with E-state index in [0.29, 0.717) is 0 Å². The van der Waals surface area contributed by atoms with Crippen molar-refractivity contribution in [3.05, 3.63) is 24.3 Å². The van der Waals surface area contributed by atoms with Crippen LogP contribution in [0.4, 0.5) is 11.4 Å². The number of carbonyl (C=O) groups is 2. The first kappa shape index (κ1) is 21.7. The Bertz CT molecular complexity index is 672. The summed E-state index contributed by atoms with van der Waals surface area (Å²) in [6, 6.07) is 8.47. The van der Waals surface area contributed by atoms with Gasteiger partial charge in [-0.3, -0.25) is 9.59 Å². The Morgan fingerprint density at radius 3 is 2.07 bits per heavy atom. The lowest BCUT2D eigenvalue weighted by molar-refractivity contribution is -0.129. The van der Waals surface area contributed by atoms with Crippen LogP contribution in [0.5, 0.6) is 0 Å². The maximum Gasteiger partial charge on any atom is 0.227 e. The highest BCUT2D eigenvalue weighted by Crippen LogP contribution is 2.30. The third-order valence-electron chi connectivity index (χ3n) is 6.75. The average Bonchev–Trinajstić information content (AvgIpc) is 2.75. The number of nitrogens with zero attached hydrogens (tertiary/aromatic N) is 1. The summed E-state index contributed by atoms with van der Waals surface area (Å²) in [7, 11) is 0. The number of amides is 2. The molecule has 160 valence electrons.